The van der Waals surface area contributed by atoms with Crippen LogP contribution in [-0.4, -0.2) is 80.2 Å². The van der Waals surface area contributed by atoms with Gasteiger partial charge in [0.15, 0.2) is 0 Å². The number of nitrogens with one attached hydrogen (secondary N) is 1. The number of benzene rings is 4. The number of anilines is 3. The first-order chi connectivity index (χ1) is 26.7. The summed E-state index contributed by atoms with van der Waals surface area (Å²) in [6.07, 6.45) is 3.25. The van der Waals surface area contributed by atoms with Gasteiger partial charge in [0.1, 0.15) is 5.69 Å². The molecule has 0 aliphatic carbocycles. The van der Waals surface area contributed by atoms with Crippen molar-refractivity contribution < 1.29 is 27.7 Å². The first-order valence-corrected chi connectivity index (χ1v) is 19.8. The van der Waals surface area contributed by atoms with Crippen LogP contribution in [0, 0.1) is 10.1 Å². The van der Waals surface area contributed by atoms with Crippen LogP contribution in [0.3, 0.4) is 0 Å². The number of amides is 1. The summed E-state index contributed by atoms with van der Waals surface area (Å²) in [6.45, 7) is 6.18. The fourth-order valence-corrected chi connectivity index (χ4v) is 7.67. The maximum absolute atomic E-state index is 13.5. The number of nitro groups is 1. The second-order valence-corrected chi connectivity index (χ2v) is 14.6. The standard InChI is InChI=1S/C40H40N6O7S2/c1-2-53-40(48)32-24-31(26-41-27-32)36-11-7-6-8-30(36)28-43-19-21-44(22-20-43)33-14-12-29(13-15-33)39(47)45(55(51)52)34-16-17-37(38(25-34)46(49)50)42-18-23-54-35-9-4-3-5-10-35/h3-17,24-27,42,55H,2,18-23,28H2,1H3. The monoisotopic (exact) mass is 780 g/mol. The number of carbonyl (C=O) groups excluding carboxylic acids is 2. The van der Waals surface area contributed by atoms with Crippen LogP contribution in [0.5, 0.6) is 0 Å². The molecular weight excluding hydrogens is 741 g/mol. The molecule has 15 heteroatoms. The number of aromatic nitrogens is 1. The van der Waals surface area contributed by atoms with Gasteiger partial charge in [0.25, 0.3) is 11.6 Å². The smallest absolute Gasteiger partial charge is 0.339 e. The summed E-state index contributed by atoms with van der Waals surface area (Å²) in [5.41, 5.74) is 4.12. The molecule has 0 unspecified atom stereocenters. The number of hydrogen-bond donors (Lipinski definition) is 2. The average molecular weight is 781 g/mol. The largest absolute Gasteiger partial charge is 0.462 e. The molecule has 1 N–H and O–H groups in total. The van der Waals surface area contributed by atoms with E-state index < -0.39 is 27.7 Å². The highest BCUT2D eigenvalue weighted by molar-refractivity contribution is 7.99. The van der Waals surface area contributed by atoms with E-state index in [0.29, 0.717) is 28.7 Å². The lowest BCUT2D eigenvalue weighted by atomic mass is 9.99. The molecule has 1 aliphatic heterocycles. The van der Waals surface area contributed by atoms with Crippen LogP contribution >= 0.6 is 11.8 Å². The molecule has 1 aliphatic rings. The molecule has 0 saturated carbocycles. The third kappa shape index (κ3) is 9.86. The lowest BCUT2D eigenvalue weighted by Gasteiger charge is -2.36. The number of ether oxygens (including phenoxy) is 1. The number of esters is 1. The minimum atomic E-state index is -3.46. The molecule has 4 aromatic carbocycles. The van der Waals surface area contributed by atoms with Gasteiger partial charge in [0.05, 0.1) is 22.8 Å². The third-order valence-electron chi connectivity index (χ3n) is 9.03. The molecule has 0 spiro atoms. The van der Waals surface area contributed by atoms with Crippen molar-refractivity contribution in [3.8, 4) is 11.1 Å². The van der Waals surface area contributed by atoms with E-state index in [-0.39, 0.29) is 29.2 Å². The number of pyridine rings is 1. The Labute approximate surface area is 325 Å². The van der Waals surface area contributed by atoms with E-state index in [1.54, 1.807) is 55.2 Å². The molecule has 5 aromatic rings. The van der Waals surface area contributed by atoms with E-state index in [1.807, 2.05) is 48.5 Å². The highest BCUT2D eigenvalue weighted by Gasteiger charge is 2.25. The summed E-state index contributed by atoms with van der Waals surface area (Å²) in [5.74, 6) is -0.576. The number of thioether (sulfide) groups is 1. The van der Waals surface area contributed by atoms with Crippen molar-refractivity contribution in [1.29, 1.82) is 0 Å². The Morgan fingerprint density at radius 2 is 1.64 bits per heavy atom. The van der Waals surface area contributed by atoms with E-state index in [4.69, 9.17) is 4.74 Å². The van der Waals surface area contributed by atoms with Gasteiger partial charge in [0.2, 0.25) is 10.9 Å². The quantitative estimate of drug-likeness (QED) is 0.0296. The van der Waals surface area contributed by atoms with E-state index in [2.05, 4.69) is 26.2 Å². The molecule has 1 fully saturated rings. The zero-order valence-corrected chi connectivity index (χ0v) is 31.8. The van der Waals surface area contributed by atoms with Crippen molar-refractivity contribution >= 4 is 57.3 Å². The van der Waals surface area contributed by atoms with Crippen molar-refractivity contribution in [2.45, 2.75) is 18.4 Å². The number of piperazine rings is 1. The Hall–Kier alpha value is -5.77. The Morgan fingerprint density at radius 3 is 2.35 bits per heavy atom. The van der Waals surface area contributed by atoms with Crippen molar-refractivity contribution in [2.24, 2.45) is 0 Å². The van der Waals surface area contributed by atoms with E-state index in [1.165, 1.54) is 18.3 Å². The van der Waals surface area contributed by atoms with Gasteiger partial charge >= 0.3 is 5.97 Å². The van der Waals surface area contributed by atoms with Crippen LogP contribution in [0.2, 0.25) is 0 Å². The summed E-state index contributed by atoms with van der Waals surface area (Å²) < 4.78 is 30.5. The topological polar surface area (TPSA) is 155 Å². The molecule has 0 bridgehead atoms. The zero-order chi connectivity index (χ0) is 38.7. The summed E-state index contributed by atoms with van der Waals surface area (Å²) in [4.78, 5) is 47.1. The molecule has 284 valence electrons. The minimum Gasteiger partial charge on any atom is -0.462 e. The predicted octanol–water partition coefficient (Wildman–Crippen LogP) is 6.53. The van der Waals surface area contributed by atoms with Crippen LogP contribution in [0.4, 0.5) is 22.7 Å². The Balaban J connectivity index is 1.07. The molecule has 1 amide bonds. The lowest BCUT2D eigenvalue weighted by Crippen LogP contribution is -2.46. The molecule has 2 heterocycles. The molecule has 1 aromatic heterocycles. The first-order valence-electron chi connectivity index (χ1n) is 17.7. The van der Waals surface area contributed by atoms with E-state index in [9.17, 15) is 28.1 Å². The highest BCUT2D eigenvalue weighted by Crippen LogP contribution is 2.32. The number of thiol groups is 1. The minimum absolute atomic E-state index is 0.123. The maximum Gasteiger partial charge on any atom is 0.339 e. The summed E-state index contributed by atoms with van der Waals surface area (Å²) in [5, 5.41) is 15.0. The number of carbonyl (C=O) groups is 2. The Kier molecular flexibility index (Phi) is 13.1. The molecule has 6 rings (SSSR count). The summed E-state index contributed by atoms with van der Waals surface area (Å²) in [7, 11) is -3.46. The Morgan fingerprint density at radius 1 is 0.909 bits per heavy atom. The second kappa shape index (κ2) is 18.5. The van der Waals surface area contributed by atoms with E-state index in [0.717, 1.165) is 59.5 Å². The van der Waals surface area contributed by atoms with E-state index >= 15 is 0 Å². The number of hydrogen-bond acceptors (Lipinski definition) is 12. The first kappa shape index (κ1) is 38.9. The maximum atomic E-state index is 13.5. The molecule has 13 nitrogen and oxygen atoms in total. The molecule has 0 atom stereocenters. The van der Waals surface area contributed by atoms with Crippen LogP contribution in [-0.2, 0) is 22.2 Å². The summed E-state index contributed by atoms with van der Waals surface area (Å²) in [6, 6.07) is 30.2. The Bertz CT molecular complexity index is 2200. The SMILES string of the molecule is CCOC(=O)c1cncc(-c2ccccc2CN2CCN(c3ccc(C(=O)N(c4ccc(NCCSc5ccccc5)c([N+](=O)[O-])c4)[SH](=O)=O)cc3)CC2)c1. The highest BCUT2D eigenvalue weighted by atomic mass is 32.2. The molecular formula is C40H40N6O7S2. The molecule has 55 heavy (non-hydrogen) atoms. The lowest BCUT2D eigenvalue weighted by molar-refractivity contribution is -0.383. The van der Waals surface area contributed by atoms with Crippen LogP contribution in [0.25, 0.3) is 11.1 Å². The fraction of sp³-hybridized carbons (Fsp3) is 0.225. The summed E-state index contributed by atoms with van der Waals surface area (Å²) >= 11 is 1.60. The van der Waals surface area contributed by atoms with Gasteiger partial charge in [-0.3, -0.25) is 24.8 Å². The average Bonchev–Trinajstić information content (AvgIpc) is 3.21. The number of nitro benzene ring substituents is 1. The van der Waals surface area contributed by atoms with Crippen LogP contribution < -0.4 is 14.5 Å². The van der Waals surface area contributed by atoms with Gasteiger partial charge in [-0.25, -0.2) is 17.5 Å². The van der Waals surface area contributed by atoms with Crippen molar-refractivity contribution in [3.05, 3.63) is 142 Å². The van der Waals surface area contributed by atoms with Gasteiger partial charge < -0.3 is 15.0 Å². The van der Waals surface area contributed by atoms with Gasteiger partial charge in [-0.05, 0) is 72.6 Å². The van der Waals surface area contributed by atoms with Crippen LogP contribution in [0.15, 0.2) is 120 Å². The normalized spacial score (nSPS) is 13.0. The van der Waals surface area contributed by atoms with Crippen LogP contribution in [0.1, 0.15) is 33.2 Å². The number of nitrogens with zero attached hydrogens (tertiary/aromatic N) is 5. The van der Waals surface area contributed by atoms with Crippen molar-refractivity contribution in [2.75, 3.05) is 59.6 Å². The van der Waals surface area contributed by atoms with Crippen molar-refractivity contribution in [3.63, 3.8) is 0 Å². The fourth-order valence-electron chi connectivity index (χ4n) is 6.30. The molecule has 0 radical (unpaired) electrons. The number of rotatable bonds is 15. The second-order valence-electron chi connectivity index (χ2n) is 12.6. The third-order valence-corrected chi connectivity index (χ3v) is 10.8. The zero-order valence-electron chi connectivity index (χ0n) is 30.1. The molecule has 1 saturated heterocycles. The van der Waals surface area contributed by atoms with Gasteiger partial charge in [-0.1, -0.05) is 42.5 Å². The van der Waals surface area contributed by atoms with Gasteiger partial charge in [-0.15, -0.1) is 11.8 Å². The predicted molar refractivity (Wildman–Crippen MR) is 215 cm³/mol. The van der Waals surface area contributed by atoms with Crippen molar-refractivity contribution in [1.82, 2.24) is 9.88 Å². The van der Waals surface area contributed by atoms with Gasteiger partial charge in [-0.2, -0.15) is 0 Å². The van der Waals surface area contributed by atoms with Gasteiger partial charge in [0, 0.05) is 85.2 Å².